The summed E-state index contributed by atoms with van der Waals surface area (Å²) in [6.45, 7) is 7.28. The number of rotatable bonds is 3. The van der Waals surface area contributed by atoms with Crippen LogP contribution in [0.1, 0.15) is 31.3 Å². The van der Waals surface area contributed by atoms with Crippen LogP contribution in [0.3, 0.4) is 0 Å². The third kappa shape index (κ3) is 2.86. The Hall–Kier alpha value is -1.30. The summed E-state index contributed by atoms with van der Waals surface area (Å²) < 4.78 is 16.8. The lowest BCUT2D eigenvalue weighted by atomic mass is 10.1. The van der Waals surface area contributed by atoms with E-state index >= 15 is 0 Å². The van der Waals surface area contributed by atoms with Gasteiger partial charge in [0.1, 0.15) is 5.58 Å². The third-order valence-electron chi connectivity index (χ3n) is 3.34. The van der Waals surface area contributed by atoms with Crippen molar-refractivity contribution in [3.63, 3.8) is 0 Å². The minimum atomic E-state index is -0.458. The van der Waals surface area contributed by atoms with Gasteiger partial charge >= 0.3 is 5.63 Å². The molecular formula is C16H18O4S. The third-order valence-corrected chi connectivity index (χ3v) is 4.42. The number of ether oxygens (including phenoxy) is 2. The zero-order chi connectivity index (χ0) is 15.0. The molecule has 5 heteroatoms. The van der Waals surface area contributed by atoms with E-state index in [0.717, 1.165) is 21.4 Å². The lowest BCUT2D eigenvalue weighted by Crippen LogP contribution is -2.06. The Labute approximate surface area is 127 Å². The number of hydrogen-bond acceptors (Lipinski definition) is 5. The summed E-state index contributed by atoms with van der Waals surface area (Å²) in [6, 6.07) is 5.56. The van der Waals surface area contributed by atoms with Crippen molar-refractivity contribution in [1.29, 1.82) is 0 Å². The molecule has 1 aromatic heterocycles. The molecule has 1 aliphatic rings. The summed E-state index contributed by atoms with van der Waals surface area (Å²) >= 11 is 1.72. The van der Waals surface area contributed by atoms with Crippen molar-refractivity contribution in [2.75, 3.05) is 13.2 Å². The van der Waals surface area contributed by atoms with E-state index in [-0.39, 0.29) is 5.63 Å². The molecule has 112 valence electrons. The average molecular weight is 306 g/mol. The van der Waals surface area contributed by atoms with Gasteiger partial charge in [0.2, 0.25) is 0 Å². The normalized spacial score (nSPS) is 16.2. The van der Waals surface area contributed by atoms with Crippen LogP contribution in [0.2, 0.25) is 0 Å². The fourth-order valence-corrected chi connectivity index (χ4v) is 3.46. The van der Waals surface area contributed by atoms with E-state index in [2.05, 4.69) is 19.9 Å². The van der Waals surface area contributed by atoms with Gasteiger partial charge in [-0.2, -0.15) is 0 Å². The molecule has 2 heterocycles. The minimum absolute atomic E-state index is 0.342. The van der Waals surface area contributed by atoms with E-state index in [9.17, 15) is 4.79 Å². The van der Waals surface area contributed by atoms with Crippen LogP contribution < -0.4 is 5.63 Å². The molecule has 2 aromatic rings. The van der Waals surface area contributed by atoms with Gasteiger partial charge in [0.05, 0.1) is 18.8 Å². The van der Waals surface area contributed by atoms with Crippen LogP contribution in [-0.4, -0.2) is 18.5 Å². The zero-order valence-corrected chi connectivity index (χ0v) is 13.2. The Kier molecular flexibility index (Phi) is 4.06. The Morgan fingerprint density at radius 2 is 1.95 bits per heavy atom. The highest BCUT2D eigenvalue weighted by atomic mass is 32.2. The van der Waals surface area contributed by atoms with E-state index in [1.54, 1.807) is 11.8 Å². The highest BCUT2D eigenvalue weighted by Crippen LogP contribution is 2.39. The average Bonchev–Trinajstić information content (AvgIpc) is 2.90. The molecule has 1 fully saturated rings. The summed E-state index contributed by atoms with van der Waals surface area (Å²) in [5.74, 6) is 0. The Morgan fingerprint density at radius 1 is 1.24 bits per heavy atom. The monoisotopic (exact) mass is 306 g/mol. The van der Waals surface area contributed by atoms with E-state index in [4.69, 9.17) is 13.9 Å². The van der Waals surface area contributed by atoms with Crippen LogP contribution in [0.5, 0.6) is 0 Å². The van der Waals surface area contributed by atoms with Gasteiger partial charge in [-0.05, 0) is 24.6 Å². The molecule has 1 aliphatic heterocycles. The molecule has 0 spiro atoms. The van der Waals surface area contributed by atoms with Crippen LogP contribution in [0, 0.1) is 6.92 Å². The summed E-state index contributed by atoms with van der Waals surface area (Å²) in [5, 5.41) is 1.34. The Bertz CT molecular complexity index is 714. The zero-order valence-electron chi connectivity index (χ0n) is 12.3. The van der Waals surface area contributed by atoms with Crippen LogP contribution >= 0.6 is 11.8 Å². The maximum absolute atomic E-state index is 11.7. The number of thioether (sulfide) groups is 1. The molecule has 0 N–H and O–H groups in total. The number of hydrogen-bond donors (Lipinski definition) is 0. The molecule has 0 saturated carbocycles. The summed E-state index contributed by atoms with van der Waals surface area (Å²) in [6.07, 6.45) is -0.458. The summed E-state index contributed by atoms with van der Waals surface area (Å²) in [5.41, 5.74) is 1.98. The lowest BCUT2D eigenvalue weighted by Gasteiger charge is -2.17. The predicted octanol–water partition coefficient (Wildman–Crippen LogP) is 3.65. The highest BCUT2D eigenvalue weighted by Gasteiger charge is 2.26. The SMILES string of the molecule is Cc1cc(=O)oc2c(C3OCCO3)c(SC(C)C)ccc12. The number of fused-ring (bicyclic) bond motifs is 1. The van der Waals surface area contributed by atoms with Gasteiger partial charge in [0.25, 0.3) is 0 Å². The second-order valence-electron chi connectivity index (χ2n) is 5.34. The van der Waals surface area contributed by atoms with Gasteiger partial charge in [0.15, 0.2) is 6.29 Å². The van der Waals surface area contributed by atoms with Gasteiger partial charge < -0.3 is 13.9 Å². The molecule has 0 aliphatic carbocycles. The molecule has 0 radical (unpaired) electrons. The van der Waals surface area contributed by atoms with E-state index < -0.39 is 6.29 Å². The second kappa shape index (κ2) is 5.83. The number of benzene rings is 1. The molecular weight excluding hydrogens is 288 g/mol. The fraction of sp³-hybridized carbons (Fsp3) is 0.438. The molecule has 3 rings (SSSR count). The maximum atomic E-state index is 11.7. The van der Waals surface area contributed by atoms with Crippen molar-refractivity contribution in [1.82, 2.24) is 0 Å². The van der Waals surface area contributed by atoms with Crippen molar-refractivity contribution in [3.8, 4) is 0 Å². The molecule has 4 nitrogen and oxygen atoms in total. The first-order chi connectivity index (χ1) is 10.1. The lowest BCUT2D eigenvalue weighted by molar-refractivity contribution is -0.0455. The first-order valence-electron chi connectivity index (χ1n) is 7.03. The van der Waals surface area contributed by atoms with Gasteiger partial charge in [-0.3, -0.25) is 0 Å². The summed E-state index contributed by atoms with van der Waals surface area (Å²) in [4.78, 5) is 12.8. The standard InChI is InChI=1S/C16H18O4S/c1-9(2)21-12-5-4-11-10(3)8-13(17)20-15(11)14(12)16-18-6-7-19-16/h4-5,8-9,16H,6-7H2,1-3H3. The topological polar surface area (TPSA) is 48.7 Å². The smallest absolute Gasteiger partial charge is 0.336 e. The van der Waals surface area contributed by atoms with Crippen LogP contribution in [0.4, 0.5) is 0 Å². The van der Waals surface area contributed by atoms with Crippen molar-refractivity contribution >= 4 is 22.7 Å². The van der Waals surface area contributed by atoms with Crippen LogP contribution in [0.15, 0.2) is 32.3 Å². The number of aryl methyl sites for hydroxylation is 1. The first-order valence-corrected chi connectivity index (χ1v) is 7.91. The van der Waals surface area contributed by atoms with Crippen molar-refractivity contribution in [2.24, 2.45) is 0 Å². The molecule has 21 heavy (non-hydrogen) atoms. The second-order valence-corrected chi connectivity index (χ2v) is 6.96. The largest absolute Gasteiger partial charge is 0.422 e. The molecule has 1 aromatic carbocycles. The van der Waals surface area contributed by atoms with Gasteiger partial charge in [0, 0.05) is 21.6 Å². The Morgan fingerprint density at radius 3 is 2.62 bits per heavy atom. The molecule has 0 amide bonds. The molecule has 0 bridgehead atoms. The fourth-order valence-electron chi connectivity index (χ4n) is 2.49. The van der Waals surface area contributed by atoms with Crippen molar-refractivity contribution in [2.45, 2.75) is 37.2 Å². The maximum Gasteiger partial charge on any atom is 0.336 e. The van der Waals surface area contributed by atoms with Gasteiger partial charge in [-0.25, -0.2) is 4.79 Å². The predicted molar refractivity (Wildman–Crippen MR) is 82.9 cm³/mol. The molecule has 0 atom stereocenters. The van der Waals surface area contributed by atoms with Gasteiger partial charge in [-0.15, -0.1) is 11.8 Å². The van der Waals surface area contributed by atoms with Crippen molar-refractivity contribution in [3.05, 3.63) is 39.7 Å². The van der Waals surface area contributed by atoms with Gasteiger partial charge in [-0.1, -0.05) is 13.8 Å². The Balaban J connectivity index is 2.27. The minimum Gasteiger partial charge on any atom is -0.422 e. The summed E-state index contributed by atoms with van der Waals surface area (Å²) in [7, 11) is 0. The van der Waals surface area contributed by atoms with Crippen LogP contribution in [-0.2, 0) is 9.47 Å². The van der Waals surface area contributed by atoms with Crippen molar-refractivity contribution < 1.29 is 13.9 Å². The molecule has 1 saturated heterocycles. The molecule has 0 unspecified atom stereocenters. The van der Waals surface area contributed by atoms with Crippen LogP contribution in [0.25, 0.3) is 11.0 Å². The van der Waals surface area contributed by atoms with E-state index in [0.29, 0.717) is 24.0 Å². The quantitative estimate of drug-likeness (QED) is 0.640. The highest BCUT2D eigenvalue weighted by molar-refractivity contribution is 8.00. The van der Waals surface area contributed by atoms with E-state index in [1.165, 1.54) is 6.07 Å². The first kappa shape index (κ1) is 14.6. The van der Waals surface area contributed by atoms with E-state index in [1.807, 2.05) is 13.0 Å².